The average molecular weight is 332 g/mol. The molecule has 0 aliphatic heterocycles. The van der Waals surface area contributed by atoms with Gasteiger partial charge in [-0.3, -0.25) is 4.79 Å². The molecule has 2 aromatic carbocycles. The number of rotatable bonds is 5. The maximum Gasteiger partial charge on any atom is 0.408 e. The SMILES string of the molecule is CC(C)(NC(=O)OCc1ccccc1)c1ccc(C(=O)Cl)cc1. The third-order valence-electron chi connectivity index (χ3n) is 3.46. The Labute approximate surface area is 140 Å². The molecule has 1 N–H and O–H groups in total. The molecule has 0 bridgehead atoms. The molecule has 0 aliphatic rings. The number of nitrogens with one attached hydrogen (secondary N) is 1. The van der Waals surface area contributed by atoms with Crippen LogP contribution in [0.15, 0.2) is 54.6 Å². The number of carbonyl (C=O) groups excluding carboxylic acids is 2. The Morgan fingerprint density at radius 1 is 1.04 bits per heavy atom. The molecule has 0 fully saturated rings. The van der Waals surface area contributed by atoms with Gasteiger partial charge >= 0.3 is 6.09 Å². The quantitative estimate of drug-likeness (QED) is 0.834. The van der Waals surface area contributed by atoms with Gasteiger partial charge < -0.3 is 10.1 Å². The first-order chi connectivity index (χ1) is 10.9. The van der Waals surface area contributed by atoms with Crippen LogP contribution in [0, 0.1) is 0 Å². The summed E-state index contributed by atoms with van der Waals surface area (Å²) < 4.78 is 5.22. The highest BCUT2D eigenvalue weighted by atomic mass is 35.5. The summed E-state index contributed by atoms with van der Waals surface area (Å²) in [6, 6.07) is 16.2. The van der Waals surface area contributed by atoms with Crippen LogP contribution in [0.1, 0.15) is 35.3 Å². The van der Waals surface area contributed by atoms with E-state index in [0.29, 0.717) is 5.56 Å². The van der Waals surface area contributed by atoms with Crippen molar-refractivity contribution in [3.05, 3.63) is 71.3 Å². The van der Waals surface area contributed by atoms with E-state index in [-0.39, 0.29) is 6.61 Å². The molecule has 0 saturated carbocycles. The van der Waals surface area contributed by atoms with E-state index in [1.165, 1.54) is 0 Å². The summed E-state index contributed by atoms with van der Waals surface area (Å²) in [5, 5.41) is 2.30. The Bertz CT molecular complexity index is 681. The molecule has 5 heteroatoms. The van der Waals surface area contributed by atoms with E-state index in [4.69, 9.17) is 16.3 Å². The van der Waals surface area contributed by atoms with Gasteiger partial charge in [0, 0.05) is 5.56 Å². The van der Waals surface area contributed by atoms with Gasteiger partial charge in [0.1, 0.15) is 6.61 Å². The zero-order chi connectivity index (χ0) is 16.9. The van der Waals surface area contributed by atoms with Gasteiger partial charge in [-0.05, 0) is 48.7 Å². The minimum Gasteiger partial charge on any atom is -0.445 e. The van der Waals surface area contributed by atoms with Crippen LogP contribution in [-0.4, -0.2) is 11.3 Å². The zero-order valence-corrected chi connectivity index (χ0v) is 13.8. The van der Waals surface area contributed by atoms with E-state index in [1.807, 2.05) is 44.2 Å². The van der Waals surface area contributed by atoms with Crippen molar-refractivity contribution in [2.75, 3.05) is 0 Å². The normalized spacial score (nSPS) is 10.9. The summed E-state index contributed by atoms with van der Waals surface area (Å²) in [6.07, 6.45) is -0.503. The van der Waals surface area contributed by atoms with Gasteiger partial charge in [0.15, 0.2) is 0 Å². The van der Waals surface area contributed by atoms with Crippen molar-refractivity contribution in [2.24, 2.45) is 0 Å². The molecule has 0 saturated heterocycles. The predicted octanol–water partition coefficient (Wildman–Crippen LogP) is 4.23. The van der Waals surface area contributed by atoms with Crippen LogP contribution < -0.4 is 5.32 Å². The lowest BCUT2D eigenvalue weighted by Gasteiger charge is -2.26. The van der Waals surface area contributed by atoms with E-state index in [9.17, 15) is 9.59 Å². The predicted molar refractivity (Wildman–Crippen MR) is 89.4 cm³/mol. The van der Waals surface area contributed by atoms with Crippen molar-refractivity contribution < 1.29 is 14.3 Å². The molecule has 2 aromatic rings. The number of carbonyl (C=O) groups is 2. The molecule has 4 nitrogen and oxygen atoms in total. The van der Waals surface area contributed by atoms with Crippen molar-refractivity contribution in [2.45, 2.75) is 26.0 Å². The Morgan fingerprint density at radius 3 is 2.22 bits per heavy atom. The summed E-state index contributed by atoms with van der Waals surface area (Å²) >= 11 is 5.42. The molecule has 0 aliphatic carbocycles. The lowest BCUT2D eigenvalue weighted by molar-refractivity contribution is 0.108. The Hall–Kier alpha value is -2.33. The van der Waals surface area contributed by atoms with Crippen LogP contribution in [0.25, 0.3) is 0 Å². The van der Waals surface area contributed by atoms with Gasteiger partial charge in [0.2, 0.25) is 0 Å². The van der Waals surface area contributed by atoms with Crippen molar-refractivity contribution in [1.29, 1.82) is 0 Å². The first-order valence-electron chi connectivity index (χ1n) is 7.18. The standard InChI is InChI=1S/C18H18ClNO3/c1-18(2,15-10-8-14(9-11-15)16(19)21)20-17(22)23-12-13-6-4-3-5-7-13/h3-11H,12H2,1-2H3,(H,20,22). The number of halogens is 1. The maximum absolute atomic E-state index is 12.0. The molecule has 2 rings (SSSR count). The highest BCUT2D eigenvalue weighted by molar-refractivity contribution is 6.67. The van der Waals surface area contributed by atoms with Crippen LogP contribution in [0.2, 0.25) is 0 Å². The Kier molecular flexibility index (Phi) is 5.40. The molecule has 0 spiro atoms. The lowest BCUT2D eigenvalue weighted by Crippen LogP contribution is -2.41. The second kappa shape index (κ2) is 7.29. The van der Waals surface area contributed by atoms with Gasteiger partial charge in [0.05, 0.1) is 5.54 Å². The van der Waals surface area contributed by atoms with Crippen LogP contribution in [-0.2, 0) is 16.9 Å². The average Bonchev–Trinajstić information content (AvgIpc) is 2.53. The lowest BCUT2D eigenvalue weighted by atomic mass is 9.94. The second-order valence-corrected chi connectivity index (χ2v) is 6.01. The number of hydrogen-bond acceptors (Lipinski definition) is 3. The molecule has 0 heterocycles. The van der Waals surface area contributed by atoms with E-state index >= 15 is 0 Å². The fraction of sp³-hybridized carbons (Fsp3) is 0.222. The zero-order valence-electron chi connectivity index (χ0n) is 13.0. The second-order valence-electron chi connectivity index (χ2n) is 5.66. The van der Waals surface area contributed by atoms with E-state index in [1.54, 1.807) is 24.3 Å². The van der Waals surface area contributed by atoms with Crippen molar-refractivity contribution >= 4 is 22.9 Å². The monoisotopic (exact) mass is 331 g/mol. The van der Waals surface area contributed by atoms with Gasteiger partial charge in [-0.15, -0.1) is 0 Å². The third kappa shape index (κ3) is 4.83. The summed E-state index contributed by atoms with van der Waals surface area (Å²) in [4.78, 5) is 23.1. The topological polar surface area (TPSA) is 55.4 Å². The number of ether oxygens (including phenoxy) is 1. The highest BCUT2D eigenvalue weighted by Crippen LogP contribution is 2.21. The first kappa shape index (κ1) is 17.0. The summed E-state index contributed by atoms with van der Waals surface area (Å²) in [5.74, 6) is 0. The molecule has 0 unspecified atom stereocenters. The fourth-order valence-corrected chi connectivity index (χ4v) is 2.23. The van der Waals surface area contributed by atoms with Crippen LogP contribution >= 0.6 is 11.6 Å². The van der Waals surface area contributed by atoms with Gasteiger partial charge in [-0.1, -0.05) is 42.5 Å². The summed E-state index contributed by atoms with van der Waals surface area (Å²) in [6.45, 7) is 3.92. The summed E-state index contributed by atoms with van der Waals surface area (Å²) in [5.41, 5.74) is 1.54. The van der Waals surface area contributed by atoms with Crippen molar-refractivity contribution in [3.63, 3.8) is 0 Å². The fourth-order valence-electron chi connectivity index (χ4n) is 2.10. The van der Waals surface area contributed by atoms with Gasteiger partial charge in [-0.2, -0.15) is 0 Å². The number of hydrogen-bond donors (Lipinski definition) is 1. The van der Waals surface area contributed by atoms with Crippen LogP contribution in [0.4, 0.5) is 4.79 Å². The molecular formula is C18H18ClNO3. The van der Waals surface area contributed by atoms with Crippen LogP contribution in [0.5, 0.6) is 0 Å². The Morgan fingerprint density at radius 2 is 1.65 bits per heavy atom. The number of amides is 1. The first-order valence-corrected chi connectivity index (χ1v) is 7.55. The summed E-state index contributed by atoms with van der Waals surface area (Å²) in [7, 11) is 0. The maximum atomic E-state index is 12.0. The third-order valence-corrected chi connectivity index (χ3v) is 3.68. The van der Waals surface area contributed by atoms with E-state index in [2.05, 4.69) is 5.32 Å². The van der Waals surface area contributed by atoms with Crippen molar-refractivity contribution in [3.8, 4) is 0 Å². The number of alkyl carbamates (subject to hydrolysis) is 1. The minimum atomic E-state index is -0.637. The van der Waals surface area contributed by atoms with Crippen molar-refractivity contribution in [1.82, 2.24) is 5.32 Å². The van der Waals surface area contributed by atoms with Gasteiger partial charge in [-0.25, -0.2) is 4.79 Å². The Balaban J connectivity index is 1.96. The van der Waals surface area contributed by atoms with E-state index in [0.717, 1.165) is 11.1 Å². The molecule has 0 aromatic heterocycles. The molecule has 0 atom stereocenters. The highest BCUT2D eigenvalue weighted by Gasteiger charge is 2.23. The molecule has 23 heavy (non-hydrogen) atoms. The smallest absolute Gasteiger partial charge is 0.408 e. The van der Waals surface area contributed by atoms with Crippen LogP contribution in [0.3, 0.4) is 0 Å². The largest absolute Gasteiger partial charge is 0.445 e. The van der Waals surface area contributed by atoms with E-state index < -0.39 is 16.9 Å². The minimum absolute atomic E-state index is 0.211. The molecule has 0 radical (unpaired) electrons. The molecular weight excluding hydrogens is 314 g/mol. The molecule has 120 valence electrons. The molecule has 1 amide bonds. The number of benzene rings is 2. The van der Waals surface area contributed by atoms with Gasteiger partial charge in [0.25, 0.3) is 5.24 Å².